The summed E-state index contributed by atoms with van der Waals surface area (Å²) in [6.45, 7) is 1.16. The molecule has 1 aliphatic heterocycles. The summed E-state index contributed by atoms with van der Waals surface area (Å²) >= 11 is 0. The molecule has 0 aliphatic carbocycles. The number of carbonyl (C=O) groups is 2. The molecule has 0 atom stereocenters. The van der Waals surface area contributed by atoms with Crippen molar-refractivity contribution in [3.63, 3.8) is 0 Å². The van der Waals surface area contributed by atoms with Gasteiger partial charge in [-0.15, -0.1) is 0 Å². The highest BCUT2D eigenvalue weighted by Gasteiger charge is 2.25. The van der Waals surface area contributed by atoms with Crippen LogP contribution in [0.25, 0.3) is 11.0 Å². The van der Waals surface area contributed by atoms with E-state index in [4.69, 9.17) is 0 Å². The van der Waals surface area contributed by atoms with E-state index in [-0.39, 0.29) is 30.1 Å². The number of hydrogen-bond donors (Lipinski definition) is 1. The van der Waals surface area contributed by atoms with E-state index in [1.807, 2.05) is 42.5 Å². The monoisotopic (exact) mass is 392 g/mol. The summed E-state index contributed by atoms with van der Waals surface area (Å²) in [5.41, 5.74) is 2.02. The van der Waals surface area contributed by atoms with E-state index < -0.39 is 0 Å². The Bertz CT molecular complexity index is 1090. The molecule has 2 amide bonds. The van der Waals surface area contributed by atoms with Gasteiger partial charge in [-0.2, -0.15) is 0 Å². The molecule has 0 saturated carbocycles. The standard InChI is InChI=1S/C22H24N4O3/c1-24-18-9-5-6-10-19(18)26(22(24)29)15-20(27)25-13-11-17(12-14-25)23-21(28)16-7-3-2-4-8-16/h2-10,17H,11-15H2,1H3,(H,23,28). The number of imidazole rings is 1. The number of likely N-dealkylation sites (tertiary alicyclic amines) is 1. The molecule has 29 heavy (non-hydrogen) atoms. The van der Waals surface area contributed by atoms with Crippen LogP contribution in [-0.4, -0.2) is 45.0 Å². The Labute approximate surface area is 168 Å². The highest BCUT2D eigenvalue weighted by molar-refractivity contribution is 5.94. The zero-order valence-corrected chi connectivity index (χ0v) is 16.4. The molecule has 4 rings (SSSR count). The number of para-hydroxylation sites is 2. The Balaban J connectivity index is 1.37. The molecule has 1 aromatic heterocycles. The van der Waals surface area contributed by atoms with Crippen LogP contribution >= 0.6 is 0 Å². The van der Waals surface area contributed by atoms with Crippen molar-refractivity contribution in [3.8, 4) is 0 Å². The van der Waals surface area contributed by atoms with Crippen molar-refractivity contribution in [1.29, 1.82) is 0 Å². The molecule has 2 heterocycles. The molecule has 7 heteroatoms. The maximum atomic E-state index is 12.8. The molecule has 0 spiro atoms. The third kappa shape index (κ3) is 3.81. The van der Waals surface area contributed by atoms with Crippen molar-refractivity contribution in [1.82, 2.24) is 19.4 Å². The van der Waals surface area contributed by atoms with E-state index in [0.717, 1.165) is 11.0 Å². The lowest BCUT2D eigenvalue weighted by molar-refractivity contribution is -0.132. The van der Waals surface area contributed by atoms with Gasteiger partial charge in [0.25, 0.3) is 5.91 Å². The first-order valence-corrected chi connectivity index (χ1v) is 9.82. The van der Waals surface area contributed by atoms with Gasteiger partial charge in [-0.3, -0.25) is 18.7 Å². The largest absolute Gasteiger partial charge is 0.349 e. The van der Waals surface area contributed by atoms with E-state index >= 15 is 0 Å². The van der Waals surface area contributed by atoms with Crippen molar-refractivity contribution in [2.24, 2.45) is 7.05 Å². The fourth-order valence-corrected chi connectivity index (χ4v) is 3.88. The van der Waals surface area contributed by atoms with Gasteiger partial charge in [0.05, 0.1) is 11.0 Å². The number of hydrogen-bond acceptors (Lipinski definition) is 3. The van der Waals surface area contributed by atoms with Gasteiger partial charge in [-0.25, -0.2) is 4.79 Å². The highest BCUT2D eigenvalue weighted by Crippen LogP contribution is 2.15. The summed E-state index contributed by atoms with van der Waals surface area (Å²) in [6.07, 6.45) is 1.41. The Morgan fingerprint density at radius 1 is 0.966 bits per heavy atom. The van der Waals surface area contributed by atoms with Crippen LogP contribution in [-0.2, 0) is 18.4 Å². The van der Waals surface area contributed by atoms with E-state index in [2.05, 4.69) is 5.32 Å². The lowest BCUT2D eigenvalue weighted by Gasteiger charge is -2.32. The number of aryl methyl sites for hydroxylation is 1. The second-order valence-electron chi connectivity index (χ2n) is 7.41. The second kappa shape index (κ2) is 7.95. The Hall–Kier alpha value is -3.35. The van der Waals surface area contributed by atoms with Crippen LogP contribution < -0.4 is 11.0 Å². The van der Waals surface area contributed by atoms with Crippen LogP contribution in [0.2, 0.25) is 0 Å². The third-order valence-electron chi connectivity index (χ3n) is 5.56. The van der Waals surface area contributed by atoms with Gasteiger partial charge in [-0.05, 0) is 37.1 Å². The SMILES string of the molecule is Cn1c(=O)n(CC(=O)N2CCC(NC(=O)c3ccccc3)CC2)c2ccccc21. The molecular weight excluding hydrogens is 368 g/mol. The van der Waals surface area contributed by atoms with Crippen molar-refractivity contribution < 1.29 is 9.59 Å². The Kier molecular flexibility index (Phi) is 5.20. The number of piperidine rings is 1. The van der Waals surface area contributed by atoms with E-state index in [9.17, 15) is 14.4 Å². The molecule has 0 unspecified atom stereocenters. The Morgan fingerprint density at radius 3 is 2.28 bits per heavy atom. The van der Waals surface area contributed by atoms with Gasteiger partial charge in [0.1, 0.15) is 6.54 Å². The van der Waals surface area contributed by atoms with E-state index in [0.29, 0.717) is 31.5 Å². The number of nitrogens with zero attached hydrogens (tertiary/aromatic N) is 3. The van der Waals surface area contributed by atoms with E-state index in [1.54, 1.807) is 28.6 Å². The number of benzene rings is 2. The molecule has 1 saturated heterocycles. The van der Waals surface area contributed by atoms with Crippen molar-refractivity contribution in [2.45, 2.75) is 25.4 Å². The molecule has 2 aromatic carbocycles. The van der Waals surface area contributed by atoms with Crippen molar-refractivity contribution >= 4 is 22.8 Å². The zero-order chi connectivity index (χ0) is 20.4. The summed E-state index contributed by atoms with van der Waals surface area (Å²) in [5.74, 6) is -0.158. The molecule has 1 aliphatic rings. The van der Waals surface area contributed by atoms with Gasteiger partial charge in [0, 0.05) is 31.7 Å². The molecule has 7 nitrogen and oxygen atoms in total. The van der Waals surface area contributed by atoms with Gasteiger partial charge < -0.3 is 10.2 Å². The molecule has 0 bridgehead atoms. The first-order valence-electron chi connectivity index (χ1n) is 9.82. The minimum Gasteiger partial charge on any atom is -0.349 e. The number of aromatic nitrogens is 2. The van der Waals surface area contributed by atoms with Gasteiger partial charge in [0.15, 0.2) is 0 Å². The van der Waals surface area contributed by atoms with Crippen LogP contribution in [0, 0.1) is 0 Å². The number of rotatable bonds is 4. The predicted molar refractivity (Wildman–Crippen MR) is 111 cm³/mol. The topological polar surface area (TPSA) is 76.3 Å². The van der Waals surface area contributed by atoms with Crippen LogP contribution in [0.1, 0.15) is 23.2 Å². The molecule has 0 radical (unpaired) electrons. The fourth-order valence-electron chi connectivity index (χ4n) is 3.88. The van der Waals surface area contributed by atoms with Crippen LogP contribution in [0.5, 0.6) is 0 Å². The minimum absolute atomic E-state index is 0.0290. The number of amides is 2. The molecule has 1 N–H and O–H groups in total. The lowest BCUT2D eigenvalue weighted by Crippen LogP contribution is -2.47. The van der Waals surface area contributed by atoms with Crippen LogP contribution in [0.3, 0.4) is 0 Å². The number of carbonyl (C=O) groups excluding carboxylic acids is 2. The number of fused-ring (bicyclic) bond motifs is 1. The number of nitrogens with one attached hydrogen (secondary N) is 1. The third-order valence-corrected chi connectivity index (χ3v) is 5.56. The van der Waals surface area contributed by atoms with E-state index in [1.165, 1.54) is 4.57 Å². The molecule has 3 aromatic rings. The normalized spacial score (nSPS) is 14.9. The quantitative estimate of drug-likeness (QED) is 0.735. The first kappa shape index (κ1) is 19.0. The summed E-state index contributed by atoms with van der Waals surface area (Å²) < 4.78 is 3.09. The van der Waals surface area contributed by atoms with Crippen LogP contribution in [0.15, 0.2) is 59.4 Å². The van der Waals surface area contributed by atoms with Crippen molar-refractivity contribution in [2.75, 3.05) is 13.1 Å². The average molecular weight is 392 g/mol. The molecule has 150 valence electrons. The fraction of sp³-hybridized carbons (Fsp3) is 0.318. The first-order chi connectivity index (χ1) is 14.0. The zero-order valence-electron chi connectivity index (χ0n) is 16.4. The molecule has 1 fully saturated rings. The van der Waals surface area contributed by atoms with Gasteiger partial charge >= 0.3 is 5.69 Å². The van der Waals surface area contributed by atoms with Crippen LogP contribution in [0.4, 0.5) is 0 Å². The summed E-state index contributed by atoms with van der Waals surface area (Å²) in [4.78, 5) is 39.4. The predicted octanol–water partition coefficient (Wildman–Crippen LogP) is 1.76. The maximum absolute atomic E-state index is 12.8. The summed E-state index contributed by atoms with van der Waals surface area (Å²) in [6, 6.07) is 16.7. The van der Waals surface area contributed by atoms with Crippen molar-refractivity contribution in [3.05, 3.63) is 70.6 Å². The maximum Gasteiger partial charge on any atom is 0.329 e. The summed E-state index contributed by atoms with van der Waals surface area (Å²) in [7, 11) is 1.71. The Morgan fingerprint density at radius 2 is 1.59 bits per heavy atom. The highest BCUT2D eigenvalue weighted by atomic mass is 16.2. The smallest absolute Gasteiger partial charge is 0.329 e. The summed E-state index contributed by atoms with van der Waals surface area (Å²) in [5, 5.41) is 3.05. The average Bonchev–Trinajstić information content (AvgIpc) is 3.00. The molecular formula is C22H24N4O3. The minimum atomic E-state index is -0.190. The second-order valence-corrected chi connectivity index (χ2v) is 7.41. The van der Waals surface area contributed by atoms with Gasteiger partial charge in [-0.1, -0.05) is 30.3 Å². The van der Waals surface area contributed by atoms with Gasteiger partial charge in [0.2, 0.25) is 5.91 Å². The lowest BCUT2D eigenvalue weighted by atomic mass is 10.0.